The van der Waals surface area contributed by atoms with Crippen LogP contribution in [-0.2, 0) is 11.3 Å². The number of nitrogens with zero attached hydrogens (tertiary/aromatic N) is 3. The third-order valence-electron chi connectivity index (χ3n) is 5.45. The minimum Gasteiger partial charge on any atom is -0.397 e. The number of benzene rings is 2. The lowest BCUT2D eigenvalue weighted by Gasteiger charge is -2.26. The molecule has 0 radical (unpaired) electrons. The predicted molar refractivity (Wildman–Crippen MR) is 112 cm³/mol. The van der Waals surface area contributed by atoms with Crippen molar-refractivity contribution >= 4 is 33.3 Å². The van der Waals surface area contributed by atoms with Gasteiger partial charge in [0, 0.05) is 24.6 Å². The van der Waals surface area contributed by atoms with Gasteiger partial charge in [0.25, 0.3) is 0 Å². The van der Waals surface area contributed by atoms with Crippen LogP contribution in [0.15, 0.2) is 54.7 Å². The highest BCUT2D eigenvalue weighted by atomic mass is 16.5. The van der Waals surface area contributed by atoms with Crippen molar-refractivity contribution in [2.75, 3.05) is 24.3 Å². The molecular formula is C22H23N5O. The summed E-state index contributed by atoms with van der Waals surface area (Å²) in [5.74, 6) is 1.00. The first-order chi connectivity index (χ1) is 13.8. The summed E-state index contributed by atoms with van der Waals surface area (Å²) in [6, 6.07) is 16.5. The fourth-order valence-electron chi connectivity index (χ4n) is 4.07. The number of fused-ring (bicyclic) bond motifs is 3. The zero-order valence-corrected chi connectivity index (χ0v) is 15.6. The lowest BCUT2D eigenvalue weighted by Crippen LogP contribution is -2.22. The Morgan fingerprint density at radius 3 is 2.68 bits per heavy atom. The van der Waals surface area contributed by atoms with Gasteiger partial charge in [-0.2, -0.15) is 0 Å². The van der Waals surface area contributed by atoms with E-state index in [0.717, 1.165) is 65.2 Å². The van der Waals surface area contributed by atoms with E-state index in [-0.39, 0.29) is 0 Å². The topological polar surface area (TPSA) is 78.0 Å². The Hall–Kier alpha value is -3.12. The van der Waals surface area contributed by atoms with Crippen LogP contribution in [0.4, 0.5) is 11.4 Å². The molecule has 4 aromatic rings. The summed E-state index contributed by atoms with van der Waals surface area (Å²) in [4.78, 5) is 9.54. The standard InChI is InChI=1S/C22H23N5O/c23-17-6-2-4-8-19(17)25-14-21-26-20-13-24-18-7-3-1-5-16(18)22(20)27(21)15-9-11-28-12-10-15/h1-8,13,15,25H,9-12,14,23H2. The molecule has 0 atom stereocenters. The maximum absolute atomic E-state index is 6.10. The molecular weight excluding hydrogens is 350 g/mol. The molecule has 0 saturated carbocycles. The van der Waals surface area contributed by atoms with Crippen LogP contribution in [0.3, 0.4) is 0 Å². The highest BCUT2D eigenvalue weighted by Crippen LogP contribution is 2.32. The highest BCUT2D eigenvalue weighted by Gasteiger charge is 2.23. The van der Waals surface area contributed by atoms with Gasteiger partial charge >= 0.3 is 0 Å². The zero-order valence-electron chi connectivity index (χ0n) is 15.6. The van der Waals surface area contributed by atoms with E-state index < -0.39 is 0 Å². The van der Waals surface area contributed by atoms with Gasteiger partial charge in [0.1, 0.15) is 11.3 Å². The van der Waals surface area contributed by atoms with E-state index in [2.05, 4.69) is 33.1 Å². The average molecular weight is 373 g/mol. The molecule has 6 nitrogen and oxygen atoms in total. The molecule has 0 unspecified atom stereocenters. The number of pyridine rings is 1. The Morgan fingerprint density at radius 2 is 1.82 bits per heavy atom. The molecule has 1 aliphatic heterocycles. The number of hydrogen-bond acceptors (Lipinski definition) is 5. The number of rotatable bonds is 4. The monoisotopic (exact) mass is 373 g/mol. The summed E-state index contributed by atoms with van der Waals surface area (Å²) in [6.45, 7) is 2.17. The number of hydrogen-bond donors (Lipinski definition) is 2. The number of nitrogen functional groups attached to an aromatic ring is 1. The van der Waals surface area contributed by atoms with Gasteiger partial charge in [-0.3, -0.25) is 4.98 Å². The molecule has 2 aromatic heterocycles. The minimum atomic E-state index is 0.370. The predicted octanol–water partition coefficient (Wildman–Crippen LogP) is 4.13. The van der Waals surface area contributed by atoms with Crippen LogP contribution >= 0.6 is 0 Å². The van der Waals surface area contributed by atoms with E-state index in [1.54, 1.807) is 0 Å². The van der Waals surface area contributed by atoms with Crippen molar-refractivity contribution in [3.63, 3.8) is 0 Å². The molecule has 1 aliphatic rings. The Labute approximate surface area is 163 Å². The molecule has 6 heteroatoms. The quantitative estimate of drug-likeness (QED) is 0.526. The molecule has 3 N–H and O–H groups in total. The van der Waals surface area contributed by atoms with Gasteiger partial charge in [-0.1, -0.05) is 30.3 Å². The number of para-hydroxylation sites is 3. The third kappa shape index (κ3) is 2.96. The molecule has 3 heterocycles. The van der Waals surface area contributed by atoms with Gasteiger partial charge in [-0.05, 0) is 31.0 Å². The van der Waals surface area contributed by atoms with E-state index in [0.29, 0.717) is 12.6 Å². The van der Waals surface area contributed by atoms with Crippen molar-refractivity contribution in [1.82, 2.24) is 14.5 Å². The minimum absolute atomic E-state index is 0.370. The first kappa shape index (κ1) is 17.0. The van der Waals surface area contributed by atoms with E-state index in [4.69, 9.17) is 15.5 Å². The fraction of sp³-hybridized carbons (Fsp3) is 0.273. The van der Waals surface area contributed by atoms with Crippen molar-refractivity contribution < 1.29 is 4.74 Å². The maximum atomic E-state index is 6.10. The largest absolute Gasteiger partial charge is 0.397 e. The molecule has 0 bridgehead atoms. The van der Waals surface area contributed by atoms with Gasteiger partial charge in [0.05, 0.1) is 35.1 Å². The summed E-state index contributed by atoms with van der Waals surface area (Å²) in [5.41, 5.74) is 10.9. The summed E-state index contributed by atoms with van der Waals surface area (Å²) >= 11 is 0. The second kappa shape index (κ2) is 7.13. The van der Waals surface area contributed by atoms with Gasteiger partial charge in [-0.15, -0.1) is 0 Å². The van der Waals surface area contributed by atoms with Crippen LogP contribution in [0.25, 0.3) is 21.9 Å². The Bertz CT molecular complexity index is 1130. The normalized spacial score (nSPS) is 15.3. The molecule has 1 fully saturated rings. The van der Waals surface area contributed by atoms with Crippen molar-refractivity contribution in [1.29, 1.82) is 0 Å². The summed E-state index contributed by atoms with van der Waals surface area (Å²) in [6.07, 6.45) is 3.86. The summed E-state index contributed by atoms with van der Waals surface area (Å²) in [5, 5.41) is 4.60. The summed E-state index contributed by atoms with van der Waals surface area (Å²) < 4.78 is 8.00. The number of anilines is 2. The molecule has 0 spiro atoms. The first-order valence-corrected chi connectivity index (χ1v) is 9.72. The van der Waals surface area contributed by atoms with Crippen LogP contribution in [0, 0.1) is 0 Å². The fourth-order valence-corrected chi connectivity index (χ4v) is 4.07. The van der Waals surface area contributed by atoms with Gasteiger partial charge in [0.2, 0.25) is 0 Å². The van der Waals surface area contributed by atoms with Crippen molar-refractivity contribution in [2.45, 2.75) is 25.4 Å². The van der Waals surface area contributed by atoms with E-state index in [9.17, 15) is 0 Å². The van der Waals surface area contributed by atoms with Crippen LogP contribution in [0.5, 0.6) is 0 Å². The smallest absolute Gasteiger partial charge is 0.129 e. The van der Waals surface area contributed by atoms with Crippen molar-refractivity contribution in [2.24, 2.45) is 0 Å². The number of nitrogens with two attached hydrogens (primary N) is 1. The lowest BCUT2D eigenvalue weighted by molar-refractivity contribution is 0.0700. The second-order valence-corrected chi connectivity index (χ2v) is 7.19. The van der Waals surface area contributed by atoms with Crippen LogP contribution in [0.2, 0.25) is 0 Å². The van der Waals surface area contributed by atoms with Gasteiger partial charge in [-0.25, -0.2) is 4.98 Å². The van der Waals surface area contributed by atoms with Crippen LogP contribution < -0.4 is 11.1 Å². The zero-order chi connectivity index (χ0) is 18.9. The van der Waals surface area contributed by atoms with Gasteiger partial charge in [0.15, 0.2) is 0 Å². The number of nitrogens with one attached hydrogen (secondary N) is 1. The Morgan fingerprint density at radius 1 is 1.04 bits per heavy atom. The molecule has 0 aliphatic carbocycles. The molecule has 2 aromatic carbocycles. The maximum Gasteiger partial charge on any atom is 0.129 e. The van der Waals surface area contributed by atoms with Crippen molar-refractivity contribution in [3.8, 4) is 0 Å². The summed E-state index contributed by atoms with van der Waals surface area (Å²) in [7, 11) is 0. The molecule has 28 heavy (non-hydrogen) atoms. The second-order valence-electron chi connectivity index (χ2n) is 7.19. The number of aromatic nitrogens is 3. The van der Waals surface area contributed by atoms with E-state index in [1.165, 1.54) is 0 Å². The van der Waals surface area contributed by atoms with Gasteiger partial charge < -0.3 is 20.4 Å². The van der Waals surface area contributed by atoms with Crippen LogP contribution in [0.1, 0.15) is 24.7 Å². The SMILES string of the molecule is Nc1ccccc1NCc1nc2cnc3ccccc3c2n1C1CCOCC1. The number of imidazole rings is 1. The molecule has 142 valence electrons. The van der Waals surface area contributed by atoms with Crippen molar-refractivity contribution in [3.05, 3.63) is 60.6 Å². The Kier molecular flexibility index (Phi) is 4.33. The van der Waals surface area contributed by atoms with Crippen LogP contribution in [-0.4, -0.2) is 27.7 Å². The average Bonchev–Trinajstić information content (AvgIpc) is 3.13. The third-order valence-corrected chi connectivity index (χ3v) is 5.45. The Balaban J connectivity index is 1.63. The highest BCUT2D eigenvalue weighted by molar-refractivity contribution is 6.02. The van der Waals surface area contributed by atoms with E-state index in [1.807, 2.05) is 36.5 Å². The first-order valence-electron chi connectivity index (χ1n) is 9.72. The van der Waals surface area contributed by atoms with E-state index >= 15 is 0 Å². The molecule has 1 saturated heterocycles. The lowest BCUT2D eigenvalue weighted by atomic mass is 10.1. The number of ether oxygens (including phenoxy) is 1. The molecule has 0 amide bonds. The molecule has 5 rings (SSSR count).